The van der Waals surface area contributed by atoms with Crippen LogP contribution >= 0.6 is 11.3 Å². The van der Waals surface area contributed by atoms with Gasteiger partial charge in [0.2, 0.25) is 5.91 Å². The predicted molar refractivity (Wildman–Crippen MR) is 104 cm³/mol. The van der Waals surface area contributed by atoms with Crippen LogP contribution in [-0.4, -0.2) is 37.6 Å². The van der Waals surface area contributed by atoms with Gasteiger partial charge < -0.3 is 10.1 Å². The van der Waals surface area contributed by atoms with E-state index in [0.29, 0.717) is 13.0 Å². The smallest absolute Gasteiger partial charge is 0.220 e. The summed E-state index contributed by atoms with van der Waals surface area (Å²) in [6, 6.07) is 10.3. The minimum Gasteiger partial charge on any atom is -0.497 e. The van der Waals surface area contributed by atoms with Crippen molar-refractivity contribution in [1.29, 1.82) is 0 Å². The van der Waals surface area contributed by atoms with Gasteiger partial charge in [0, 0.05) is 13.0 Å². The van der Waals surface area contributed by atoms with Crippen LogP contribution in [0.25, 0.3) is 0 Å². The number of carbonyl (C=O) groups is 1. The molecule has 1 N–H and O–H groups in total. The number of nitrogens with zero attached hydrogens (tertiary/aromatic N) is 1. The molecule has 1 aromatic heterocycles. The molecule has 1 amide bonds. The van der Waals surface area contributed by atoms with Gasteiger partial charge in [0.25, 0.3) is 0 Å². The van der Waals surface area contributed by atoms with Crippen molar-refractivity contribution in [3.63, 3.8) is 0 Å². The lowest BCUT2D eigenvalue weighted by molar-refractivity contribution is -0.121. The first-order chi connectivity index (χ1) is 12.2. The highest BCUT2D eigenvalue weighted by molar-refractivity contribution is 7.07. The topological polar surface area (TPSA) is 41.6 Å². The van der Waals surface area contributed by atoms with Crippen molar-refractivity contribution in [1.82, 2.24) is 10.2 Å². The molecule has 25 heavy (non-hydrogen) atoms. The van der Waals surface area contributed by atoms with Crippen molar-refractivity contribution in [3.05, 3.63) is 52.2 Å². The van der Waals surface area contributed by atoms with Crippen molar-refractivity contribution in [3.8, 4) is 5.75 Å². The SMILES string of the molecule is CCN(CC)C(CNC(=O)CCc1ccsc1)c1cccc(OC)c1. The number of hydrogen-bond donors (Lipinski definition) is 1. The van der Waals surface area contributed by atoms with Crippen LogP contribution in [0.5, 0.6) is 5.75 Å². The first kappa shape index (κ1) is 19.5. The van der Waals surface area contributed by atoms with E-state index in [2.05, 4.69) is 47.6 Å². The summed E-state index contributed by atoms with van der Waals surface area (Å²) in [6.07, 6.45) is 1.32. The van der Waals surface area contributed by atoms with E-state index in [1.54, 1.807) is 18.4 Å². The number of carbonyl (C=O) groups excluding carboxylic acids is 1. The van der Waals surface area contributed by atoms with Crippen LogP contribution in [-0.2, 0) is 11.2 Å². The number of amides is 1. The van der Waals surface area contributed by atoms with E-state index >= 15 is 0 Å². The Balaban J connectivity index is 1.99. The van der Waals surface area contributed by atoms with Gasteiger partial charge in [0.1, 0.15) is 5.75 Å². The Kier molecular flexibility index (Phi) is 7.95. The third kappa shape index (κ3) is 5.87. The van der Waals surface area contributed by atoms with Gasteiger partial charge >= 0.3 is 0 Å². The second kappa shape index (κ2) is 10.2. The molecule has 0 radical (unpaired) electrons. The molecule has 1 aromatic carbocycles. The molecule has 0 bridgehead atoms. The number of nitrogens with one attached hydrogen (secondary N) is 1. The molecule has 0 saturated carbocycles. The van der Waals surface area contributed by atoms with E-state index < -0.39 is 0 Å². The van der Waals surface area contributed by atoms with Gasteiger partial charge in [0.05, 0.1) is 13.2 Å². The molecular weight excluding hydrogens is 332 g/mol. The number of methoxy groups -OCH3 is 1. The van der Waals surface area contributed by atoms with Gasteiger partial charge in [-0.05, 0) is 59.6 Å². The highest BCUT2D eigenvalue weighted by atomic mass is 32.1. The van der Waals surface area contributed by atoms with E-state index in [1.807, 2.05) is 17.5 Å². The molecule has 0 aliphatic rings. The molecule has 1 unspecified atom stereocenters. The van der Waals surface area contributed by atoms with E-state index in [4.69, 9.17) is 4.74 Å². The predicted octanol–water partition coefficient (Wildman–Crippen LogP) is 3.89. The lowest BCUT2D eigenvalue weighted by atomic mass is 10.0. The van der Waals surface area contributed by atoms with Gasteiger partial charge in [0.15, 0.2) is 0 Å². The second-order valence-electron chi connectivity index (χ2n) is 5.95. The summed E-state index contributed by atoms with van der Waals surface area (Å²) in [5.74, 6) is 0.949. The summed E-state index contributed by atoms with van der Waals surface area (Å²) in [5, 5.41) is 7.26. The van der Waals surface area contributed by atoms with Crippen molar-refractivity contribution in [2.75, 3.05) is 26.7 Å². The van der Waals surface area contributed by atoms with Gasteiger partial charge in [-0.15, -0.1) is 0 Å². The fourth-order valence-corrected chi connectivity index (χ4v) is 3.67. The second-order valence-corrected chi connectivity index (χ2v) is 6.73. The van der Waals surface area contributed by atoms with Crippen LogP contribution in [0.3, 0.4) is 0 Å². The maximum absolute atomic E-state index is 12.2. The third-order valence-electron chi connectivity index (χ3n) is 4.45. The highest BCUT2D eigenvalue weighted by Gasteiger charge is 2.19. The molecule has 2 rings (SSSR count). The summed E-state index contributed by atoms with van der Waals surface area (Å²) in [7, 11) is 1.68. The molecule has 2 aromatic rings. The van der Waals surface area contributed by atoms with Gasteiger partial charge in [-0.25, -0.2) is 0 Å². The molecule has 0 saturated heterocycles. The molecule has 0 fully saturated rings. The maximum atomic E-state index is 12.2. The van der Waals surface area contributed by atoms with Gasteiger partial charge in [-0.1, -0.05) is 26.0 Å². The molecule has 4 nitrogen and oxygen atoms in total. The number of likely N-dealkylation sites (N-methyl/N-ethyl adjacent to an activating group) is 1. The lowest BCUT2D eigenvalue weighted by Gasteiger charge is -2.30. The molecule has 5 heteroatoms. The summed E-state index contributed by atoms with van der Waals surface area (Å²) < 4.78 is 5.35. The summed E-state index contributed by atoms with van der Waals surface area (Å²) in [4.78, 5) is 14.6. The van der Waals surface area contributed by atoms with Crippen molar-refractivity contribution in [2.45, 2.75) is 32.7 Å². The number of rotatable bonds is 10. The van der Waals surface area contributed by atoms with Crippen LogP contribution in [0, 0.1) is 0 Å². The van der Waals surface area contributed by atoms with Crippen molar-refractivity contribution < 1.29 is 9.53 Å². The molecule has 0 aliphatic heterocycles. The zero-order valence-corrected chi connectivity index (χ0v) is 16.1. The van der Waals surface area contributed by atoms with Crippen LogP contribution in [0.15, 0.2) is 41.1 Å². The highest BCUT2D eigenvalue weighted by Crippen LogP contribution is 2.23. The Bertz CT molecular complexity index is 639. The summed E-state index contributed by atoms with van der Waals surface area (Å²) in [5.41, 5.74) is 2.40. The Labute approximate surface area is 154 Å². The Morgan fingerprint density at radius 3 is 2.72 bits per heavy atom. The number of ether oxygens (including phenoxy) is 1. The number of aryl methyl sites for hydroxylation is 1. The fraction of sp³-hybridized carbons (Fsp3) is 0.450. The van der Waals surface area contributed by atoms with Crippen LogP contribution < -0.4 is 10.1 Å². The Hall–Kier alpha value is -1.85. The normalized spacial score (nSPS) is 12.2. The van der Waals surface area contributed by atoms with Crippen molar-refractivity contribution in [2.24, 2.45) is 0 Å². The van der Waals surface area contributed by atoms with Crippen molar-refractivity contribution >= 4 is 17.2 Å². The molecular formula is C20H28N2O2S. The first-order valence-corrected chi connectivity index (χ1v) is 9.78. The fourth-order valence-electron chi connectivity index (χ4n) is 2.96. The first-order valence-electron chi connectivity index (χ1n) is 8.83. The summed E-state index contributed by atoms with van der Waals surface area (Å²) >= 11 is 1.67. The molecule has 1 atom stereocenters. The number of thiophene rings is 1. The largest absolute Gasteiger partial charge is 0.497 e. The van der Waals surface area contributed by atoms with Crippen LogP contribution in [0.2, 0.25) is 0 Å². The molecule has 0 aliphatic carbocycles. The molecule has 1 heterocycles. The van der Waals surface area contributed by atoms with Gasteiger partial charge in [-0.3, -0.25) is 9.69 Å². The average Bonchev–Trinajstić information content (AvgIpc) is 3.17. The molecule has 136 valence electrons. The average molecular weight is 361 g/mol. The quantitative estimate of drug-likeness (QED) is 0.699. The minimum absolute atomic E-state index is 0.103. The maximum Gasteiger partial charge on any atom is 0.220 e. The minimum atomic E-state index is 0.103. The monoisotopic (exact) mass is 360 g/mol. The van der Waals surface area contributed by atoms with Gasteiger partial charge in [-0.2, -0.15) is 11.3 Å². The zero-order chi connectivity index (χ0) is 18.1. The third-order valence-corrected chi connectivity index (χ3v) is 5.18. The lowest BCUT2D eigenvalue weighted by Crippen LogP contribution is -2.38. The Morgan fingerprint density at radius 2 is 2.08 bits per heavy atom. The molecule has 0 spiro atoms. The van der Waals surface area contributed by atoms with E-state index in [-0.39, 0.29) is 11.9 Å². The number of benzene rings is 1. The standard InChI is InChI=1S/C20H28N2O2S/c1-4-22(5-2)19(17-7-6-8-18(13-17)24-3)14-21-20(23)10-9-16-11-12-25-15-16/h6-8,11-13,15,19H,4-5,9-10,14H2,1-3H3,(H,21,23). The van der Waals surface area contributed by atoms with E-state index in [1.165, 1.54) is 11.1 Å². The van der Waals surface area contributed by atoms with Crippen LogP contribution in [0.4, 0.5) is 0 Å². The van der Waals surface area contributed by atoms with Crippen LogP contribution in [0.1, 0.15) is 37.4 Å². The zero-order valence-electron chi connectivity index (χ0n) is 15.3. The Morgan fingerprint density at radius 1 is 1.28 bits per heavy atom. The summed E-state index contributed by atoms with van der Waals surface area (Å²) in [6.45, 7) is 6.77. The van der Waals surface area contributed by atoms with E-state index in [0.717, 1.165) is 25.3 Å². The number of hydrogen-bond acceptors (Lipinski definition) is 4. The van der Waals surface area contributed by atoms with E-state index in [9.17, 15) is 4.79 Å².